The van der Waals surface area contributed by atoms with Crippen LogP contribution in [0, 0.1) is 18.6 Å². The van der Waals surface area contributed by atoms with Gasteiger partial charge in [-0.2, -0.15) is 0 Å². The van der Waals surface area contributed by atoms with E-state index in [1.807, 2.05) is 6.92 Å². The number of hydrogen-bond acceptors (Lipinski definition) is 4. The van der Waals surface area contributed by atoms with Crippen LogP contribution in [0.1, 0.15) is 20.9 Å². The summed E-state index contributed by atoms with van der Waals surface area (Å²) in [6.45, 7) is 2.15. The quantitative estimate of drug-likeness (QED) is 0.886. The Kier molecular flexibility index (Phi) is 3.99. The molecule has 0 fully saturated rings. The van der Waals surface area contributed by atoms with E-state index < -0.39 is 17.5 Å². The molecule has 0 aliphatic heterocycles. The molecule has 1 aromatic carbocycles. The maximum atomic E-state index is 13.6. The maximum Gasteiger partial charge on any atom is 0.256 e. The molecule has 0 atom stereocenters. The van der Waals surface area contributed by atoms with Gasteiger partial charge in [-0.25, -0.2) is 13.8 Å². The van der Waals surface area contributed by atoms with Crippen molar-refractivity contribution in [2.75, 3.05) is 12.8 Å². The molecule has 1 aromatic heterocycles. The molecule has 0 aliphatic carbocycles. The van der Waals surface area contributed by atoms with Crippen molar-refractivity contribution in [3.8, 4) is 0 Å². The highest BCUT2D eigenvalue weighted by Crippen LogP contribution is 2.20. The summed E-state index contributed by atoms with van der Waals surface area (Å²) in [5.74, 6) is -2.35. The molecule has 0 unspecified atom stereocenters. The van der Waals surface area contributed by atoms with Crippen LogP contribution in [0.3, 0.4) is 0 Å². The molecule has 0 radical (unpaired) electrons. The summed E-state index contributed by atoms with van der Waals surface area (Å²) in [5.41, 5.74) is 7.38. The largest absolute Gasteiger partial charge is 0.396 e. The zero-order valence-corrected chi connectivity index (χ0v) is 11.8. The Bertz CT molecular complexity index is 657. The van der Waals surface area contributed by atoms with E-state index in [2.05, 4.69) is 4.98 Å². The van der Waals surface area contributed by atoms with Crippen molar-refractivity contribution in [2.45, 2.75) is 13.5 Å². The van der Waals surface area contributed by atoms with Gasteiger partial charge in [0.25, 0.3) is 5.91 Å². The number of amides is 1. The Morgan fingerprint density at radius 2 is 2.10 bits per heavy atom. The topological polar surface area (TPSA) is 59.2 Å². The number of aryl methyl sites for hydroxylation is 1. The number of nitrogens with two attached hydrogens (primary N) is 1. The van der Waals surface area contributed by atoms with Gasteiger partial charge in [0, 0.05) is 18.0 Å². The van der Waals surface area contributed by atoms with Gasteiger partial charge in [-0.1, -0.05) is 0 Å². The smallest absolute Gasteiger partial charge is 0.256 e. The molecular formula is C13H13F2N3OS. The minimum atomic E-state index is -0.922. The monoisotopic (exact) mass is 297 g/mol. The molecule has 106 valence electrons. The molecule has 4 nitrogen and oxygen atoms in total. The molecule has 1 amide bonds. The van der Waals surface area contributed by atoms with E-state index >= 15 is 0 Å². The summed E-state index contributed by atoms with van der Waals surface area (Å²) in [6, 6.07) is 1.64. The average molecular weight is 297 g/mol. The van der Waals surface area contributed by atoms with Crippen molar-refractivity contribution in [1.82, 2.24) is 9.88 Å². The van der Waals surface area contributed by atoms with Gasteiger partial charge in [0.1, 0.15) is 11.6 Å². The van der Waals surface area contributed by atoms with Crippen molar-refractivity contribution in [2.24, 2.45) is 0 Å². The van der Waals surface area contributed by atoms with Crippen LogP contribution in [-0.2, 0) is 6.54 Å². The normalized spacial score (nSPS) is 10.6. The van der Waals surface area contributed by atoms with Crippen molar-refractivity contribution in [3.05, 3.63) is 45.4 Å². The summed E-state index contributed by atoms with van der Waals surface area (Å²) >= 11 is 1.42. The molecule has 0 spiro atoms. The molecule has 2 rings (SSSR count). The number of nitrogens with zero attached hydrogens (tertiary/aromatic N) is 2. The van der Waals surface area contributed by atoms with Crippen LogP contribution in [-0.4, -0.2) is 22.8 Å². The molecule has 0 bridgehead atoms. The van der Waals surface area contributed by atoms with Gasteiger partial charge in [-0.05, 0) is 13.0 Å². The van der Waals surface area contributed by atoms with Gasteiger partial charge in [-0.15, -0.1) is 11.3 Å². The predicted molar refractivity (Wildman–Crippen MR) is 73.4 cm³/mol. The zero-order valence-electron chi connectivity index (χ0n) is 11.0. The second-order valence-corrected chi connectivity index (χ2v) is 5.32. The van der Waals surface area contributed by atoms with Gasteiger partial charge in [0.15, 0.2) is 0 Å². The first-order valence-electron chi connectivity index (χ1n) is 5.79. The Balaban J connectivity index is 2.23. The van der Waals surface area contributed by atoms with Crippen LogP contribution in [0.5, 0.6) is 0 Å². The van der Waals surface area contributed by atoms with Gasteiger partial charge >= 0.3 is 0 Å². The number of anilines is 1. The van der Waals surface area contributed by atoms with E-state index in [4.69, 9.17) is 5.73 Å². The number of halogens is 2. The summed E-state index contributed by atoms with van der Waals surface area (Å²) in [6.07, 6.45) is 0. The van der Waals surface area contributed by atoms with Crippen molar-refractivity contribution in [1.29, 1.82) is 0 Å². The zero-order chi connectivity index (χ0) is 14.9. The van der Waals surface area contributed by atoms with Gasteiger partial charge in [0.2, 0.25) is 0 Å². The second-order valence-electron chi connectivity index (χ2n) is 4.38. The van der Waals surface area contributed by atoms with Crippen molar-refractivity contribution < 1.29 is 13.6 Å². The first-order chi connectivity index (χ1) is 9.40. The lowest BCUT2D eigenvalue weighted by molar-refractivity contribution is 0.0781. The molecular weight excluding hydrogens is 284 g/mol. The first-order valence-corrected chi connectivity index (χ1v) is 6.67. The number of carbonyl (C=O) groups excluding carboxylic acids is 1. The summed E-state index contributed by atoms with van der Waals surface area (Å²) in [4.78, 5) is 18.5. The lowest BCUT2D eigenvalue weighted by atomic mass is 10.1. The highest BCUT2D eigenvalue weighted by Gasteiger charge is 2.19. The molecule has 7 heteroatoms. The number of carbonyl (C=O) groups is 1. The summed E-state index contributed by atoms with van der Waals surface area (Å²) in [5, 5.41) is 0. The van der Waals surface area contributed by atoms with Gasteiger partial charge < -0.3 is 10.6 Å². The lowest BCUT2D eigenvalue weighted by Gasteiger charge is -2.17. The number of thiazole rings is 1. The molecule has 1 heterocycles. The van der Waals surface area contributed by atoms with Gasteiger partial charge in [0.05, 0.1) is 29.0 Å². The number of aromatic nitrogens is 1. The minimum absolute atomic E-state index is 0.242. The molecule has 0 saturated heterocycles. The van der Waals surface area contributed by atoms with E-state index in [-0.39, 0.29) is 11.3 Å². The average Bonchev–Trinajstić information content (AvgIpc) is 2.78. The van der Waals surface area contributed by atoms with Crippen LogP contribution in [0.15, 0.2) is 17.6 Å². The van der Waals surface area contributed by atoms with Crippen LogP contribution in [0.2, 0.25) is 0 Å². The van der Waals surface area contributed by atoms with E-state index in [0.717, 1.165) is 16.6 Å². The fourth-order valence-electron chi connectivity index (χ4n) is 1.70. The highest BCUT2D eigenvalue weighted by molar-refractivity contribution is 7.09. The number of nitrogen functional groups attached to an aromatic ring is 1. The van der Waals surface area contributed by atoms with Crippen molar-refractivity contribution in [3.63, 3.8) is 0 Å². The fourth-order valence-corrected chi connectivity index (χ4v) is 2.53. The van der Waals surface area contributed by atoms with E-state index in [1.54, 1.807) is 12.6 Å². The molecule has 0 aliphatic rings. The standard InChI is InChI=1S/C13H13F2N3OS/c1-7-12(20-6-17-7)5-18(2)13(19)8-3-11(16)10(15)4-9(8)14/h3-4,6H,5,16H2,1-2H3. The minimum Gasteiger partial charge on any atom is -0.396 e. The van der Waals surface area contributed by atoms with E-state index in [0.29, 0.717) is 12.6 Å². The summed E-state index contributed by atoms with van der Waals surface area (Å²) < 4.78 is 26.7. The van der Waals surface area contributed by atoms with E-state index in [9.17, 15) is 13.6 Å². The maximum absolute atomic E-state index is 13.6. The van der Waals surface area contributed by atoms with E-state index in [1.165, 1.54) is 16.2 Å². The molecule has 0 saturated carbocycles. The third-order valence-electron chi connectivity index (χ3n) is 2.89. The van der Waals surface area contributed by atoms with Crippen molar-refractivity contribution >= 4 is 22.9 Å². The lowest BCUT2D eigenvalue weighted by Crippen LogP contribution is -2.27. The Morgan fingerprint density at radius 3 is 2.70 bits per heavy atom. The van der Waals surface area contributed by atoms with Gasteiger partial charge in [-0.3, -0.25) is 4.79 Å². The number of hydrogen-bond donors (Lipinski definition) is 1. The molecule has 2 aromatic rings. The Hall–Kier alpha value is -2.02. The third kappa shape index (κ3) is 2.77. The third-order valence-corrected chi connectivity index (χ3v) is 3.81. The predicted octanol–water partition coefficient (Wildman–Crippen LogP) is 2.58. The molecule has 20 heavy (non-hydrogen) atoms. The number of rotatable bonds is 3. The Labute approximate surface area is 118 Å². The molecule has 2 N–H and O–H groups in total. The SMILES string of the molecule is Cc1ncsc1CN(C)C(=O)c1cc(N)c(F)cc1F. The van der Waals surface area contributed by atoms with Crippen LogP contribution >= 0.6 is 11.3 Å². The fraction of sp³-hybridized carbons (Fsp3) is 0.231. The summed E-state index contributed by atoms with van der Waals surface area (Å²) in [7, 11) is 1.54. The van der Waals surface area contributed by atoms with Crippen LogP contribution < -0.4 is 5.73 Å². The highest BCUT2D eigenvalue weighted by atomic mass is 32.1. The first kappa shape index (κ1) is 14.4. The van der Waals surface area contributed by atoms with Crippen LogP contribution in [0.25, 0.3) is 0 Å². The Morgan fingerprint density at radius 1 is 1.40 bits per heavy atom. The van der Waals surface area contributed by atoms with Crippen LogP contribution in [0.4, 0.5) is 14.5 Å². The number of benzene rings is 1. The second kappa shape index (κ2) is 5.54.